The number of rotatable bonds is 4. The van der Waals surface area contributed by atoms with Crippen molar-refractivity contribution in [3.05, 3.63) is 86.4 Å². The molecule has 1 aliphatic heterocycles. The van der Waals surface area contributed by atoms with E-state index < -0.39 is 22.9 Å². The maximum absolute atomic E-state index is 13.3. The van der Waals surface area contributed by atoms with Crippen molar-refractivity contribution >= 4 is 52.2 Å². The highest BCUT2D eigenvalue weighted by Crippen LogP contribution is 2.39. The van der Waals surface area contributed by atoms with Gasteiger partial charge >= 0.3 is 6.18 Å². The van der Waals surface area contributed by atoms with Crippen molar-refractivity contribution in [2.24, 2.45) is 0 Å². The van der Waals surface area contributed by atoms with Crippen LogP contribution in [-0.4, -0.2) is 16.0 Å². The molecule has 1 aromatic heterocycles. The predicted octanol–water partition coefficient (Wildman–Crippen LogP) is 7.51. The van der Waals surface area contributed by atoms with Gasteiger partial charge in [0.2, 0.25) is 0 Å². The summed E-state index contributed by atoms with van der Waals surface area (Å²) >= 11 is 12.6. The summed E-state index contributed by atoms with van der Waals surface area (Å²) in [5.41, 5.74) is -0.331. The van der Waals surface area contributed by atoms with E-state index in [1.54, 1.807) is 18.2 Å². The molecule has 4 nitrogen and oxygen atoms in total. The van der Waals surface area contributed by atoms with Crippen molar-refractivity contribution in [2.45, 2.75) is 12.7 Å². The van der Waals surface area contributed by atoms with Crippen LogP contribution in [0.2, 0.25) is 10.0 Å². The van der Waals surface area contributed by atoms with Crippen molar-refractivity contribution in [3.8, 4) is 11.3 Å². The van der Waals surface area contributed by atoms with E-state index in [2.05, 4.69) is 0 Å². The van der Waals surface area contributed by atoms with E-state index in [-0.39, 0.29) is 28.5 Å². The van der Waals surface area contributed by atoms with Crippen LogP contribution < -0.4 is 0 Å². The minimum atomic E-state index is -4.54. The Labute approximate surface area is 194 Å². The van der Waals surface area contributed by atoms with Gasteiger partial charge in [0.1, 0.15) is 11.5 Å². The number of imide groups is 1. The molecule has 1 aliphatic rings. The molecule has 0 atom stereocenters. The lowest BCUT2D eigenvalue weighted by Crippen LogP contribution is -2.27. The zero-order valence-electron chi connectivity index (χ0n) is 16.0. The molecule has 4 rings (SSSR count). The molecule has 0 radical (unpaired) electrons. The quantitative estimate of drug-likeness (QED) is 0.350. The Kier molecular flexibility index (Phi) is 6.11. The van der Waals surface area contributed by atoms with Gasteiger partial charge < -0.3 is 4.42 Å². The molecule has 0 unspecified atom stereocenters. The number of furan rings is 1. The molecule has 0 saturated carbocycles. The Morgan fingerprint density at radius 1 is 1.00 bits per heavy atom. The number of nitrogens with zero attached hydrogens (tertiary/aromatic N) is 1. The highest BCUT2D eigenvalue weighted by atomic mass is 35.5. The van der Waals surface area contributed by atoms with Gasteiger partial charge in [-0.25, -0.2) is 0 Å². The van der Waals surface area contributed by atoms with Crippen LogP contribution in [0.5, 0.6) is 0 Å². The summed E-state index contributed by atoms with van der Waals surface area (Å²) in [5, 5.41) is 0.167. The third-order valence-corrected chi connectivity index (χ3v) is 6.24. The first-order valence-corrected chi connectivity index (χ1v) is 10.7. The molecule has 0 spiro atoms. The van der Waals surface area contributed by atoms with E-state index in [0.717, 1.165) is 11.0 Å². The Morgan fingerprint density at radius 3 is 2.47 bits per heavy atom. The maximum atomic E-state index is 13.3. The van der Waals surface area contributed by atoms with Gasteiger partial charge in [0, 0.05) is 11.6 Å². The number of hydrogen-bond acceptors (Lipinski definition) is 4. The van der Waals surface area contributed by atoms with E-state index in [0.29, 0.717) is 27.4 Å². The summed E-state index contributed by atoms with van der Waals surface area (Å²) in [6.07, 6.45) is -3.21. The maximum Gasteiger partial charge on any atom is 0.417 e. The first-order chi connectivity index (χ1) is 15.1. The summed E-state index contributed by atoms with van der Waals surface area (Å²) < 4.78 is 45.3. The lowest BCUT2D eigenvalue weighted by atomic mass is 10.1. The fourth-order valence-electron chi connectivity index (χ4n) is 3.11. The third-order valence-electron chi connectivity index (χ3n) is 4.60. The van der Waals surface area contributed by atoms with E-state index >= 15 is 0 Å². The fraction of sp³-hybridized carbons (Fsp3) is 0.0909. The number of amides is 2. The summed E-state index contributed by atoms with van der Waals surface area (Å²) in [5.74, 6) is -0.393. The van der Waals surface area contributed by atoms with Crippen molar-refractivity contribution < 1.29 is 27.2 Å². The van der Waals surface area contributed by atoms with E-state index in [4.69, 9.17) is 27.6 Å². The number of alkyl halides is 3. The minimum absolute atomic E-state index is 0.000732. The zero-order valence-corrected chi connectivity index (χ0v) is 18.3. The van der Waals surface area contributed by atoms with E-state index in [1.807, 2.05) is 0 Å². The Balaban J connectivity index is 1.57. The molecule has 2 heterocycles. The van der Waals surface area contributed by atoms with Gasteiger partial charge in [-0.1, -0.05) is 47.5 Å². The number of halogens is 5. The smallest absolute Gasteiger partial charge is 0.417 e. The largest absolute Gasteiger partial charge is 0.457 e. The number of thioether (sulfide) groups is 1. The monoisotopic (exact) mass is 497 g/mol. The lowest BCUT2D eigenvalue weighted by Gasteiger charge is -2.12. The van der Waals surface area contributed by atoms with Crippen LogP contribution in [-0.2, 0) is 17.5 Å². The molecule has 2 amide bonds. The van der Waals surface area contributed by atoms with Gasteiger partial charge in [0.15, 0.2) is 0 Å². The van der Waals surface area contributed by atoms with Crippen LogP contribution >= 0.6 is 35.0 Å². The number of benzene rings is 2. The molecule has 164 valence electrons. The van der Waals surface area contributed by atoms with Gasteiger partial charge in [-0.2, -0.15) is 13.2 Å². The average molecular weight is 498 g/mol. The van der Waals surface area contributed by atoms with Crippen LogP contribution in [0.25, 0.3) is 17.4 Å². The molecule has 1 fully saturated rings. The number of carbonyl (C=O) groups excluding carboxylic acids is 2. The van der Waals surface area contributed by atoms with Crippen LogP contribution in [0.4, 0.5) is 18.0 Å². The zero-order chi connectivity index (χ0) is 23.0. The van der Waals surface area contributed by atoms with Gasteiger partial charge in [-0.15, -0.1) is 0 Å². The second-order valence-corrected chi connectivity index (χ2v) is 8.57. The normalized spacial score (nSPS) is 15.8. The van der Waals surface area contributed by atoms with Gasteiger partial charge in [-0.05, 0) is 47.7 Å². The van der Waals surface area contributed by atoms with Crippen LogP contribution in [0.15, 0.2) is 63.9 Å². The second kappa shape index (κ2) is 8.69. The lowest BCUT2D eigenvalue weighted by molar-refractivity contribution is -0.137. The van der Waals surface area contributed by atoms with Gasteiger partial charge in [-0.3, -0.25) is 14.5 Å². The van der Waals surface area contributed by atoms with Crippen molar-refractivity contribution in [2.75, 3.05) is 0 Å². The topological polar surface area (TPSA) is 50.5 Å². The van der Waals surface area contributed by atoms with E-state index in [1.165, 1.54) is 36.4 Å². The minimum Gasteiger partial charge on any atom is -0.457 e. The molecular weight excluding hydrogens is 486 g/mol. The second-order valence-electron chi connectivity index (χ2n) is 6.76. The van der Waals surface area contributed by atoms with Gasteiger partial charge in [0.05, 0.1) is 27.1 Å². The van der Waals surface area contributed by atoms with Crippen molar-refractivity contribution in [3.63, 3.8) is 0 Å². The van der Waals surface area contributed by atoms with E-state index in [9.17, 15) is 22.8 Å². The molecule has 3 aromatic rings. The van der Waals surface area contributed by atoms with Gasteiger partial charge in [0.25, 0.3) is 11.1 Å². The van der Waals surface area contributed by atoms with Crippen LogP contribution in [0.3, 0.4) is 0 Å². The Morgan fingerprint density at radius 2 is 1.75 bits per heavy atom. The highest BCUT2D eigenvalue weighted by Gasteiger charge is 2.36. The molecule has 1 saturated heterocycles. The molecular formula is C22H12Cl2F3NO3S. The third kappa shape index (κ3) is 4.57. The summed E-state index contributed by atoms with van der Waals surface area (Å²) in [7, 11) is 0. The Hall–Kier alpha value is -2.68. The first kappa shape index (κ1) is 22.5. The fourth-order valence-corrected chi connectivity index (χ4v) is 4.25. The standard InChI is InChI=1S/C22H12Cl2F3NO3S/c23-16-7-5-12(9-17(16)24)11-28-20(29)19(32-21(28)30)10-13-6-8-18(31-13)14-3-1-2-4-15(14)22(25,26)27/h1-10H,11H2/b19-10+. The number of carbonyl (C=O) groups is 2. The molecule has 10 heteroatoms. The molecule has 0 N–H and O–H groups in total. The molecule has 32 heavy (non-hydrogen) atoms. The molecule has 0 bridgehead atoms. The summed E-state index contributed by atoms with van der Waals surface area (Å²) in [6, 6.07) is 12.6. The summed E-state index contributed by atoms with van der Waals surface area (Å²) in [6.45, 7) is 0.00125. The highest BCUT2D eigenvalue weighted by molar-refractivity contribution is 8.18. The molecule has 0 aliphatic carbocycles. The average Bonchev–Trinajstić information content (AvgIpc) is 3.30. The van der Waals surface area contributed by atoms with Crippen molar-refractivity contribution in [1.29, 1.82) is 0 Å². The molecule has 2 aromatic carbocycles. The first-order valence-electron chi connectivity index (χ1n) is 9.09. The van der Waals surface area contributed by atoms with Crippen molar-refractivity contribution in [1.82, 2.24) is 4.90 Å². The van der Waals surface area contributed by atoms with Crippen LogP contribution in [0.1, 0.15) is 16.9 Å². The predicted molar refractivity (Wildman–Crippen MR) is 117 cm³/mol. The van der Waals surface area contributed by atoms with Crippen LogP contribution in [0, 0.1) is 0 Å². The summed E-state index contributed by atoms with van der Waals surface area (Å²) in [4.78, 5) is 26.2. The Bertz CT molecular complexity index is 1250. The number of hydrogen-bond donors (Lipinski definition) is 0. The SMILES string of the molecule is O=C1S/C(=C/c2ccc(-c3ccccc3C(F)(F)F)o2)C(=O)N1Cc1ccc(Cl)c(Cl)c1.